The largest absolute Gasteiger partial charge is 0.483 e. The van der Waals surface area contributed by atoms with Gasteiger partial charge in [0.1, 0.15) is 12.7 Å². The minimum Gasteiger partial charge on any atom is -0.483 e. The molecule has 0 spiro atoms. The van der Waals surface area contributed by atoms with Gasteiger partial charge in [-0.25, -0.2) is 0 Å². The van der Waals surface area contributed by atoms with Crippen molar-refractivity contribution in [2.75, 3.05) is 6.61 Å². The molecule has 1 heterocycles. The van der Waals surface area contributed by atoms with Gasteiger partial charge in [-0.3, -0.25) is 14.9 Å². The quantitative estimate of drug-likeness (QED) is 0.463. The topological polar surface area (TPSA) is 78.7 Å². The van der Waals surface area contributed by atoms with E-state index in [1.165, 1.54) is 12.1 Å². The van der Waals surface area contributed by atoms with Crippen LogP contribution in [0.15, 0.2) is 54.6 Å². The SMILES string of the molecule is O=C1O[C@@H](COc2ccccc2[N+](=O)[O-])C[C@H]1Cc1ccccc1. The summed E-state index contributed by atoms with van der Waals surface area (Å²) in [5.41, 5.74) is 0.988. The highest BCUT2D eigenvalue weighted by atomic mass is 16.6. The number of hydrogen-bond donors (Lipinski definition) is 0. The maximum Gasteiger partial charge on any atom is 0.310 e. The predicted octanol–water partition coefficient (Wildman–Crippen LogP) is 3.15. The lowest BCUT2D eigenvalue weighted by molar-refractivity contribution is -0.385. The zero-order valence-electron chi connectivity index (χ0n) is 13.0. The third-order valence-electron chi connectivity index (χ3n) is 3.98. The lowest BCUT2D eigenvalue weighted by atomic mass is 9.96. The van der Waals surface area contributed by atoms with E-state index in [4.69, 9.17) is 9.47 Å². The molecule has 2 atom stereocenters. The fourth-order valence-corrected chi connectivity index (χ4v) is 2.80. The summed E-state index contributed by atoms with van der Waals surface area (Å²) in [4.78, 5) is 22.5. The molecule has 6 nitrogen and oxygen atoms in total. The highest BCUT2D eigenvalue weighted by Crippen LogP contribution is 2.29. The Kier molecular flexibility index (Phi) is 4.74. The summed E-state index contributed by atoms with van der Waals surface area (Å²) < 4.78 is 10.8. The summed E-state index contributed by atoms with van der Waals surface area (Å²) >= 11 is 0. The van der Waals surface area contributed by atoms with E-state index < -0.39 is 4.92 Å². The summed E-state index contributed by atoms with van der Waals surface area (Å²) in [6, 6.07) is 15.9. The third kappa shape index (κ3) is 3.71. The van der Waals surface area contributed by atoms with Crippen LogP contribution >= 0.6 is 0 Å². The molecule has 0 N–H and O–H groups in total. The molecule has 6 heteroatoms. The maximum absolute atomic E-state index is 12.0. The normalized spacial score (nSPS) is 19.8. The van der Waals surface area contributed by atoms with Crippen molar-refractivity contribution in [1.29, 1.82) is 0 Å². The Morgan fingerprint density at radius 2 is 1.83 bits per heavy atom. The molecule has 0 aliphatic carbocycles. The predicted molar refractivity (Wildman–Crippen MR) is 86.7 cm³/mol. The minimum absolute atomic E-state index is 0.0948. The van der Waals surface area contributed by atoms with Crippen LogP contribution in [-0.2, 0) is 16.0 Å². The number of benzene rings is 2. The van der Waals surface area contributed by atoms with Crippen LogP contribution in [0, 0.1) is 16.0 Å². The summed E-state index contributed by atoms with van der Waals surface area (Å²) in [5.74, 6) is -0.258. The van der Waals surface area contributed by atoms with Crippen LogP contribution in [0.1, 0.15) is 12.0 Å². The van der Waals surface area contributed by atoms with Crippen LogP contribution in [0.4, 0.5) is 5.69 Å². The number of esters is 1. The molecule has 1 aliphatic heterocycles. The average molecular weight is 327 g/mol. The van der Waals surface area contributed by atoms with E-state index in [1.54, 1.807) is 12.1 Å². The van der Waals surface area contributed by atoms with Gasteiger partial charge in [-0.15, -0.1) is 0 Å². The Morgan fingerprint density at radius 3 is 2.58 bits per heavy atom. The molecular formula is C18H17NO5. The number of nitro groups is 1. The van der Waals surface area contributed by atoms with Gasteiger partial charge in [-0.1, -0.05) is 42.5 Å². The van der Waals surface area contributed by atoms with Crippen molar-refractivity contribution in [2.24, 2.45) is 5.92 Å². The van der Waals surface area contributed by atoms with Gasteiger partial charge in [0.2, 0.25) is 0 Å². The summed E-state index contributed by atoms with van der Waals surface area (Å²) in [6.07, 6.45) is 0.793. The number of hydrogen-bond acceptors (Lipinski definition) is 5. The highest BCUT2D eigenvalue weighted by Gasteiger charge is 2.35. The summed E-state index contributed by atoms with van der Waals surface area (Å²) in [7, 11) is 0. The molecule has 1 fully saturated rings. The fourth-order valence-electron chi connectivity index (χ4n) is 2.80. The van der Waals surface area contributed by atoms with Crippen molar-refractivity contribution in [3.8, 4) is 5.75 Å². The first-order chi connectivity index (χ1) is 11.6. The molecule has 2 aromatic carbocycles. The standard InChI is InChI=1S/C18H17NO5/c20-18-14(10-13-6-2-1-3-7-13)11-15(24-18)12-23-17-9-5-4-8-16(17)19(21)22/h1-9,14-15H,10-12H2/t14-,15-/m1/s1. The number of carbonyl (C=O) groups is 1. The molecule has 0 bridgehead atoms. The van der Waals surface area contributed by atoms with E-state index in [9.17, 15) is 14.9 Å². The summed E-state index contributed by atoms with van der Waals surface area (Å²) in [5, 5.41) is 11.0. The van der Waals surface area contributed by atoms with Crippen LogP contribution < -0.4 is 4.74 Å². The van der Waals surface area contributed by atoms with E-state index in [0.29, 0.717) is 12.8 Å². The molecule has 0 saturated carbocycles. The Bertz CT molecular complexity index is 731. The van der Waals surface area contributed by atoms with E-state index in [-0.39, 0.29) is 36.0 Å². The number of nitrogens with zero attached hydrogens (tertiary/aromatic N) is 1. The molecule has 0 amide bonds. The van der Waals surface area contributed by atoms with E-state index in [1.807, 2.05) is 30.3 Å². The second-order valence-electron chi connectivity index (χ2n) is 5.72. The molecule has 24 heavy (non-hydrogen) atoms. The third-order valence-corrected chi connectivity index (χ3v) is 3.98. The molecule has 1 aliphatic rings. The Morgan fingerprint density at radius 1 is 1.12 bits per heavy atom. The van der Waals surface area contributed by atoms with Gasteiger partial charge in [0.05, 0.1) is 10.8 Å². The average Bonchev–Trinajstić information content (AvgIpc) is 2.94. The van der Waals surface area contributed by atoms with Gasteiger partial charge in [-0.2, -0.15) is 0 Å². The van der Waals surface area contributed by atoms with E-state index in [2.05, 4.69) is 0 Å². The first-order valence-electron chi connectivity index (χ1n) is 7.74. The zero-order valence-corrected chi connectivity index (χ0v) is 13.0. The minimum atomic E-state index is -0.492. The number of rotatable bonds is 6. The number of nitro benzene ring substituents is 1. The Labute approximate surface area is 139 Å². The van der Waals surface area contributed by atoms with Crippen LogP contribution in [0.2, 0.25) is 0 Å². The second-order valence-corrected chi connectivity index (χ2v) is 5.72. The van der Waals surface area contributed by atoms with Crippen molar-refractivity contribution in [3.63, 3.8) is 0 Å². The molecular weight excluding hydrogens is 310 g/mol. The Balaban J connectivity index is 1.58. The zero-order chi connectivity index (χ0) is 16.9. The molecule has 2 aromatic rings. The van der Waals surface area contributed by atoms with Crippen molar-refractivity contribution >= 4 is 11.7 Å². The Hall–Kier alpha value is -2.89. The molecule has 3 rings (SSSR count). The molecule has 1 saturated heterocycles. The van der Waals surface area contributed by atoms with Crippen molar-refractivity contribution in [2.45, 2.75) is 18.9 Å². The number of cyclic esters (lactones) is 1. The highest BCUT2D eigenvalue weighted by molar-refractivity contribution is 5.75. The van der Waals surface area contributed by atoms with Crippen molar-refractivity contribution in [1.82, 2.24) is 0 Å². The van der Waals surface area contributed by atoms with Crippen molar-refractivity contribution in [3.05, 3.63) is 70.3 Å². The lowest BCUT2D eigenvalue weighted by Crippen LogP contribution is -2.17. The van der Waals surface area contributed by atoms with Gasteiger partial charge in [-0.05, 0) is 18.1 Å². The van der Waals surface area contributed by atoms with E-state index >= 15 is 0 Å². The first-order valence-corrected chi connectivity index (χ1v) is 7.74. The first kappa shape index (κ1) is 16.0. The van der Waals surface area contributed by atoms with Crippen LogP contribution in [-0.4, -0.2) is 23.6 Å². The smallest absolute Gasteiger partial charge is 0.310 e. The van der Waals surface area contributed by atoms with Gasteiger partial charge >= 0.3 is 11.7 Å². The number of ether oxygens (including phenoxy) is 2. The van der Waals surface area contributed by atoms with Crippen LogP contribution in [0.3, 0.4) is 0 Å². The summed E-state index contributed by atoms with van der Waals surface area (Å²) in [6.45, 7) is 0.113. The van der Waals surface area contributed by atoms with Gasteiger partial charge in [0, 0.05) is 12.5 Å². The van der Waals surface area contributed by atoms with E-state index in [0.717, 1.165) is 5.56 Å². The van der Waals surface area contributed by atoms with Gasteiger partial charge in [0.15, 0.2) is 5.75 Å². The second kappa shape index (κ2) is 7.12. The molecule has 124 valence electrons. The van der Waals surface area contributed by atoms with Gasteiger partial charge in [0.25, 0.3) is 0 Å². The number of carbonyl (C=O) groups excluding carboxylic acids is 1. The molecule has 0 radical (unpaired) electrons. The maximum atomic E-state index is 12.0. The lowest BCUT2D eigenvalue weighted by Gasteiger charge is -2.11. The molecule has 0 unspecified atom stereocenters. The van der Waals surface area contributed by atoms with Crippen LogP contribution in [0.25, 0.3) is 0 Å². The molecule has 0 aromatic heterocycles. The monoisotopic (exact) mass is 327 g/mol. The number of para-hydroxylation sites is 2. The van der Waals surface area contributed by atoms with Gasteiger partial charge < -0.3 is 9.47 Å². The fraction of sp³-hybridized carbons (Fsp3) is 0.278. The van der Waals surface area contributed by atoms with Crippen molar-refractivity contribution < 1.29 is 19.2 Å². The van der Waals surface area contributed by atoms with Crippen LogP contribution in [0.5, 0.6) is 5.75 Å².